The topological polar surface area (TPSA) is 84.9 Å². The summed E-state index contributed by atoms with van der Waals surface area (Å²) in [7, 11) is -3.75. The largest absolute Gasteiger partial charge is 0.486 e. The molecule has 5 rings (SSSR count). The number of carbonyl (C=O) groups excluding carboxylic acids is 1. The van der Waals surface area contributed by atoms with Crippen LogP contribution >= 0.6 is 0 Å². The average molecular weight is 453 g/mol. The predicted molar refractivity (Wildman–Crippen MR) is 124 cm³/mol. The Morgan fingerprint density at radius 2 is 1.72 bits per heavy atom. The van der Waals surface area contributed by atoms with E-state index in [1.807, 2.05) is 24.3 Å². The maximum absolute atomic E-state index is 13.2. The SMILES string of the molecule is C[C@@H](C(=O)Nc1ccc2c3c(cccc13)CC2)N(c1ccc2c(c1)OCCO2)S(C)(=O)=O. The number of ether oxygens (including phenoxy) is 2. The van der Waals surface area contributed by atoms with Gasteiger partial charge in [0.1, 0.15) is 19.3 Å². The van der Waals surface area contributed by atoms with Crippen molar-refractivity contribution in [2.75, 3.05) is 29.1 Å². The van der Waals surface area contributed by atoms with Gasteiger partial charge in [-0.2, -0.15) is 0 Å². The van der Waals surface area contributed by atoms with Crippen LogP contribution in [0.1, 0.15) is 18.1 Å². The van der Waals surface area contributed by atoms with E-state index in [2.05, 4.69) is 11.4 Å². The molecule has 8 heteroatoms. The Morgan fingerprint density at radius 1 is 1.00 bits per heavy atom. The van der Waals surface area contributed by atoms with Crippen molar-refractivity contribution in [3.05, 3.63) is 59.7 Å². The summed E-state index contributed by atoms with van der Waals surface area (Å²) >= 11 is 0. The molecule has 7 nitrogen and oxygen atoms in total. The number of sulfonamides is 1. The molecule has 1 aliphatic carbocycles. The number of benzene rings is 3. The fourth-order valence-electron chi connectivity index (χ4n) is 4.57. The van der Waals surface area contributed by atoms with E-state index < -0.39 is 22.0 Å². The highest BCUT2D eigenvalue weighted by molar-refractivity contribution is 7.92. The van der Waals surface area contributed by atoms with Gasteiger partial charge in [-0.15, -0.1) is 0 Å². The molecule has 0 spiro atoms. The molecule has 32 heavy (non-hydrogen) atoms. The molecule has 1 aliphatic heterocycles. The molecular formula is C24H24N2O5S. The summed E-state index contributed by atoms with van der Waals surface area (Å²) in [6.07, 6.45) is 3.07. The van der Waals surface area contributed by atoms with Gasteiger partial charge < -0.3 is 14.8 Å². The van der Waals surface area contributed by atoms with E-state index in [0.717, 1.165) is 28.8 Å². The zero-order valence-corrected chi connectivity index (χ0v) is 18.7. The Hall–Kier alpha value is -3.26. The van der Waals surface area contributed by atoms with Crippen molar-refractivity contribution in [3.8, 4) is 11.5 Å². The van der Waals surface area contributed by atoms with Gasteiger partial charge in [0.25, 0.3) is 0 Å². The normalized spacial score (nSPS) is 15.4. The lowest BCUT2D eigenvalue weighted by molar-refractivity contribution is -0.116. The second-order valence-electron chi connectivity index (χ2n) is 8.16. The summed E-state index contributed by atoms with van der Waals surface area (Å²) < 4.78 is 37.6. The van der Waals surface area contributed by atoms with Crippen molar-refractivity contribution < 1.29 is 22.7 Å². The summed E-state index contributed by atoms with van der Waals surface area (Å²) in [5.74, 6) is 0.602. The number of amides is 1. The van der Waals surface area contributed by atoms with E-state index in [-0.39, 0.29) is 0 Å². The lowest BCUT2D eigenvalue weighted by Crippen LogP contribution is -2.45. The third-order valence-electron chi connectivity index (χ3n) is 6.00. The van der Waals surface area contributed by atoms with Crippen LogP contribution in [0.25, 0.3) is 10.8 Å². The minimum atomic E-state index is -3.75. The summed E-state index contributed by atoms with van der Waals surface area (Å²) in [6, 6.07) is 13.9. The van der Waals surface area contributed by atoms with Crippen molar-refractivity contribution >= 4 is 38.1 Å². The molecule has 0 aromatic heterocycles. The van der Waals surface area contributed by atoms with Crippen LogP contribution in [0.4, 0.5) is 11.4 Å². The van der Waals surface area contributed by atoms with Gasteiger partial charge in [-0.25, -0.2) is 8.42 Å². The van der Waals surface area contributed by atoms with E-state index in [9.17, 15) is 13.2 Å². The molecule has 0 radical (unpaired) electrons. The van der Waals surface area contributed by atoms with E-state index in [1.54, 1.807) is 25.1 Å². The number of nitrogens with one attached hydrogen (secondary N) is 1. The zero-order valence-electron chi connectivity index (χ0n) is 17.9. The van der Waals surface area contributed by atoms with Gasteiger partial charge in [-0.1, -0.05) is 24.3 Å². The Kier molecular flexibility index (Phi) is 4.97. The Balaban J connectivity index is 1.47. The molecule has 0 saturated carbocycles. The summed E-state index contributed by atoms with van der Waals surface area (Å²) in [5, 5.41) is 5.11. The third kappa shape index (κ3) is 3.54. The monoisotopic (exact) mass is 452 g/mol. The molecule has 1 atom stereocenters. The van der Waals surface area contributed by atoms with Gasteiger partial charge in [0.05, 0.1) is 11.9 Å². The molecule has 0 bridgehead atoms. The second-order valence-corrected chi connectivity index (χ2v) is 10.0. The highest BCUT2D eigenvalue weighted by atomic mass is 32.2. The van der Waals surface area contributed by atoms with Gasteiger partial charge in [0, 0.05) is 17.1 Å². The molecule has 0 fully saturated rings. The number of hydrogen-bond acceptors (Lipinski definition) is 5. The number of aryl methyl sites for hydroxylation is 2. The van der Waals surface area contributed by atoms with Crippen molar-refractivity contribution in [3.63, 3.8) is 0 Å². The fraction of sp³-hybridized carbons (Fsp3) is 0.292. The molecule has 1 heterocycles. The minimum Gasteiger partial charge on any atom is -0.486 e. The van der Waals surface area contributed by atoms with Crippen LogP contribution in [0.3, 0.4) is 0 Å². The summed E-state index contributed by atoms with van der Waals surface area (Å²) in [4.78, 5) is 13.2. The molecule has 3 aromatic carbocycles. The summed E-state index contributed by atoms with van der Waals surface area (Å²) in [5.41, 5.74) is 3.58. The van der Waals surface area contributed by atoms with Crippen LogP contribution in [0.15, 0.2) is 48.5 Å². The standard InChI is InChI=1S/C24H24N2O5S/c1-15(26(32(2,28)29)18-9-11-21-22(14-18)31-13-12-30-21)24(27)25-20-10-8-17-7-6-16-4-3-5-19(20)23(16)17/h3-5,8-11,14-15H,6-7,12-13H2,1-2H3,(H,25,27)/t15-/m0/s1. The van der Waals surface area contributed by atoms with Crippen LogP contribution in [-0.2, 0) is 27.7 Å². The van der Waals surface area contributed by atoms with Gasteiger partial charge in [-0.05, 0) is 54.5 Å². The molecule has 1 N–H and O–H groups in total. The number of hydrogen-bond donors (Lipinski definition) is 1. The highest BCUT2D eigenvalue weighted by Gasteiger charge is 2.31. The van der Waals surface area contributed by atoms with Crippen LogP contribution < -0.4 is 19.1 Å². The van der Waals surface area contributed by atoms with Crippen molar-refractivity contribution in [1.82, 2.24) is 0 Å². The molecule has 2 aliphatic rings. The molecule has 1 amide bonds. The van der Waals surface area contributed by atoms with E-state index in [0.29, 0.717) is 36.1 Å². The fourth-order valence-corrected chi connectivity index (χ4v) is 5.74. The molecule has 0 unspecified atom stereocenters. The lowest BCUT2D eigenvalue weighted by Gasteiger charge is -2.29. The number of nitrogens with zero attached hydrogens (tertiary/aromatic N) is 1. The number of fused-ring (bicyclic) bond motifs is 1. The van der Waals surface area contributed by atoms with E-state index >= 15 is 0 Å². The van der Waals surface area contributed by atoms with Crippen LogP contribution in [0.2, 0.25) is 0 Å². The van der Waals surface area contributed by atoms with Crippen molar-refractivity contribution in [2.45, 2.75) is 25.8 Å². The van der Waals surface area contributed by atoms with Crippen LogP contribution in [0.5, 0.6) is 11.5 Å². The smallest absolute Gasteiger partial charge is 0.248 e. The first kappa shape index (κ1) is 20.6. The number of anilines is 2. The zero-order chi connectivity index (χ0) is 22.5. The first-order chi connectivity index (χ1) is 15.3. The van der Waals surface area contributed by atoms with Crippen molar-refractivity contribution in [2.24, 2.45) is 0 Å². The first-order valence-electron chi connectivity index (χ1n) is 10.6. The Bertz CT molecular complexity index is 1330. The molecule has 166 valence electrons. The first-order valence-corrected chi connectivity index (χ1v) is 12.4. The van der Waals surface area contributed by atoms with E-state index in [1.165, 1.54) is 16.5 Å². The number of carbonyl (C=O) groups is 1. The Morgan fingerprint density at radius 3 is 2.47 bits per heavy atom. The maximum atomic E-state index is 13.2. The van der Waals surface area contributed by atoms with Crippen LogP contribution in [0, 0.1) is 0 Å². The minimum absolute atomic E-state index is 0.347. The number of rotatable bonds is 5. The maximum Gasteiger partial charge on any atom is 0.248 e. The average Bonchev–Trinajstić information content (AvgIpc) is 3.19. The third-order valence-corrected chi connectivity index (χ3v) is 7.25. The van der Waals surface area contributed by atoms with Crippen LogP contribution in [-0.4, -0.2) is 39.8 Å². The Labute approximate surface area is 187 Å². The molecular weight excluding hydrogens is 428 g/mol. The second kappa shape index (κ2) is 7.70. The van der Waals surface area contributed by atoms with Gasteiger partial charge in [-0.3, -0.25) is 9.10 Å². The lowest BCUT2D eigenvalue weighted by atomic mass is 10.0. The van der Waals surface area contributed by atoms with Gasteiger partial charge in [0.2, 0.25) is 15.9 Å². The molecule has 0 saturated heterocycles. The highest BCUT2D eigenvalue weighted by Crippen LogP contribution is 2.37. The van der Waals surface area contributed by atoms with E-state index in [4.69, 9.17) is 9.47 Å². The molecule has 3 aromatic rings. The van der Waals surface area contributed by atoms with Gasteiger partial charge >= 0.3 is 0 Å². The predicted octanol–water partition coefficient (Wildman–Crippen LogP) is 3.50. The van der Waals surface area contributed by atoms with Gasteiger partial charge in [0.15, 0.2) is 11.5 Å². The quantitative estimate of drug-likeness (QED) is 0.641. The van der Waals surface area contributed by atoms with Crippen molar-refractivity contribution in [1.29, 1.82) is 0 Å². The summed E-state index contributed by atoms with van der Waals surface area (Å²) in [6.45, 7) is 2.40.